The van der Waals surface area contributed by atoms with Crippen LogP contribution in [0.25, 0.3) is 0 Å². The fraction of sp³-hybridized carbons (Fsp3) is 0.393. The lowest BCUT2D eigenvalue weighted by Gasteiger charge is -2.42. The van der Waals surface area contributed by atoms with Crippen molar-refractivity contribution >= 4 is 27.5 Å². The van der Waals surface area contributed by atoms with E-state index in [0.717, 1.165) is 53.0 Å². The average molecular weight is 522 g/mol. The van der Waals surface area contributed by atoms with Crippen LogP contribution in [0, 0.1) is 12.8 Å². The highest BCUT2D eigenvalue weighted by Gasteiger charge is 2.36. The van der Waals surface area contributed by atoms with E-state index in [1.807, 2.05) is 13.1 Å². The standard InChI is InChI=1S/C28H32BrN3O2/c1-18-24-17-31(3)28(33)23(24)9-10-26(18)32(22-15-25(29)19(2)30-16-22)27(20-7-5-4-6-8-20)21-11-13-34-14-12-21/h4-10,15-16,19,21,27,30H,11-14,17H2,1-3H3/t19?,27-/m1/s1. The molecule has 1 N–H and O–H groups in total. The number of hydrogen-bond acceptors (Lipinski definition) is 4. The molecule has 0 radical (unpaired) electrons. The third-order valence-electron chi connectivity index (χ3n) is 7.39. The van der Waals surface area contributed by atoms with Crippen LogP contribution in [0.15, 0.2) is 64.9 Å². The molecule has 3 aliphatic rings. The summed E-state index contributed by atoms with van der Waals surface area (Å²) in [4.78, 5) is 17.0. The number of halogens is 1. The number of ether oxygens (including phenoxy) is 1. The molecule has 1 amide bonds. The van der Waals surface area contributed by atoms with Gasteiger partial charge in [-0.25, -0.2) is 0 Å². The molecule has 0 spiro atoms. The number of rotatable bonds is 5. The molecule has 6 heteroatoms. The summed E-state index contributed by atoms with van der Waals surface area (Å²) in [6, 6.07) is 15.4. The number of fused-ring (bicyclic) bond motifs is 1. The monoisotopic (exact) mass is 521 g/mol. The average Bonchev–Trinajstić information content (AvgIpc) is 3.15. The van der Waals surface area contributed by atoms with Crippen LogP contribution >= 0.6 is 15.9 Å². The molecule has 34 heavy (non-hydrogen) atoms. The van der Waals surface area contributed by atoms with Gasteiger partial charge in [0.05, 0.1) is 17.8 Å². The SMILES string of the molecule is Cc1c(N(C2=CNC(C)C(Br)=C2)[C@H](c2ccccc2)C2CCOCC2)ccc2c1CN(C)C2=O. The van der Waals surface area contributed by atoms with Gasteiger partial charge >= 0.3 is 0 Å². The largest absolute Gasteiger partial charge is 0.382 e. The Balaban J connectivity index is 1.69. The first-order valence-corrected chi connectivity index (χ1v) is 12.9. The molecule has 0 aromatic heterocycles. The fourth-order valence-corrected chi connectivity index (χ4v) is 5.79. The van der Waals surface area contributed by atoms with Crippen LogP contribution in [0.3, 0.4) is 0 Å². The van der Waals surface area contributed by atoms with Crippen molar-refractivity contribution < 1.29 is 9.53 Å². The number of benzene rings is 2. The maximum atomic E-state index is 12.7. The highest BCUT2D eigenvalue weighted by Crippen LogP contribution is 2.44. The molecular weight excluding hydrogens is 490 g/mol. The van der Waals surface area contributed by atoms with E-state index in [0.29, 0.717) is 12.5 Å². The van der Waals surface area contributed by atoms with Crippen molar-refractivity contribution in [1.29, 1.82) is 0 Å². The Labute approximate surface area is 210 Å². The predicted molar refractivity (Wildman–Crippen MR) is 140 cm³/mol. The van der Waals surface area contributed by atoms with Gasteiger partial charge in [-0.1, -0.05) is 46.3 Å². The molecule has 1 unspecified atom stereocenters. The Hall–Kier alpha value is -2.57. The van der Waals surface area contributed by atoms with Crippen molar-refractivity contribution in [1.82, 2.24) is 10.2 Å². The number of nitrogens with zero attached hydrogens (tertiary/aromatic N) is 2. The van der Waals surface area contributed by atoms with Gasteiger partial charge in [-0.15, -0.1) is 0 Å². The lowest BCUT2D eigenvalue weighted by atomic mass is 9.84. The summed E-state index contributed by atoms with van der Waals surface area (Å²) in [5, 5.41) is 3.52. The van der Waals surface area contributed by atoms with Crippen LogP contribution in [0.1, 0.15) is 52.9 Å². The van der Waals surface area contributed by atoms with Crippen LogP contribution in [0.2, 0.25) is 0 Å². The Bertz CT molecular complexity index is 1140. The molecule has 2 aromatic carbocycles. The van der Waals surface area contributed by atoms with Crippen LogP contribution < -0.4 is 10.2 Å². The summed E-state index contributed by atoms with van der Waals surface area (Å²) >= 11 is 3.78. The first kappa shape index (κ1) is 23.2. The number of dihydropyridines is 1. The van der Waals surface area contributed by atoms with E-state index in [1.165, 1.54) is 11.1 Å². The van der Waals surface area contributed by atoms with E-state index in [-0.39, 0.29) is 18.0 Å². The van der Waals surface area contributed by atoms with Crippen molar-refractivity contribution in [3.8, 4) is 0 Å². The number of nitrogens with one attached hydrogen (secondary N) is 1. The van der Waals surface area contributed by atoms with Gasteiger partial charge < -0.3 is 19.9 Å². The van der Waals surface area contributed by atoms with Gasteiger partial charge in [0.2, 0.25) is 0 Å². The van der Waals surface area contributed by atoms with E-state index in [1.54, 1.807) is 4.90 Å². The first-order chi connectivity index (χ1) is 16.5. The molecular formula is C28H32BrN3O2. The third-order valence-corrected chi connectivity index (χ3v) is 8.31. The second-order valence-corrected chi connectivity index (χ2v) is 10.5. The summed E-state index contributed by atoms with van der Waals surface area (Å²) in [6.45, 7) is 6.55. The smallest absolute Gasteiger partial charge is 0.254 e. The predicted octanol–water partition coefficient (Wildman–Crippen LogP) is 5.67. The van der Waals surface area contributed by atoms with E-state index < -0.39 is 0 Å². The van der Waals surface area contributed by atoms with E-state index >= 15 is 0 Å². The molecule has 2 atom stereocenters. The summed E-state index contributed by atoms with van der Waals surface area (Å²) in [7, 11) is 1.88. The molecule has 3 heterocycles. The quantitative estimate of drug-likeness (QED) is 0.550. The second-order valence-electron chi connectivity index (χ2n) is 9.56. The van der Waals surface area contributed by atoms with Crippen LogP contribution in [0.5, 0.6) is 0 Å². The van der Waals surface area contributed by atoms with Gasteiger partial charge in [-0.3, -0.25) is 4.79 Å². The van der Waals surface area contributed by atoms with Crippen LogP contribution in [-0.4, -0.2) is 37.1 Å². The van der Waals surface area contributed by atoms with Gasteiger partial charge in [0.15, 0.2) is 0 Å². The van der Waals surface area contributed by atoms with Gasteiger partial charge in [0.25, 0.3) is 5.91 Å². The molecule has 0 bridgehead atoms. The molecule has 1 fully saturated rings. The topological polar surface area (TPSA) is 44.8 Å². The second kappa shape index (κ2) is 9.59. The fourth-order valence-electron chi connectivity index (χ4n) is 5.42. The highest BCUT2D eigenvalue weighted by atomic mass is 79.9. The van der Waals surface area contributed by atoms with E-state index in [9.17, 15) is 4.79 Å². The molecule has 1 saturated heterocycles. The van der Waals surface area contributed by atoms with Gasteiger partial charge in [0.1, 0.15) is 0 Å². The molecule has 5 rings (SSSR count). The Kier molecular flexibility index (Phi) is 6.54. The molecule has 178 valence electrons. The lowest BCUT2D eigenvalue weighted by molar-refractivity contribution is 0.0580. The van der Waals surface area contributed by atoms with Crippen molar-refractivity contribution in [2.45, 2.75) is 45.3 Å². The zero-order valence-electron chi connectivity index (χ0n) is 20.1. The number of allylic oxidation sites excluding steroid dienone is 1. The van der Waals surface area contributed by atoms with E-state index in [4.69, 9.17) is 4.74 Å². The first-order valence-electron chi connectivity index (χ1n) is 12.1. The zero-order valence-corrected chi connectivity index (χ0v) is 21.6. The van der Waals surface area contributed by atoms with Crippen molar-refractivity contribution in [3.05, 3.63) is 87.2 Å². The number of hydrogen-bond donors (Lipinski definition) is 1. The Morgan fingerprint density at radius 1 is 1.15 bits per heavy atom. The lowest BCUT2D eigenvalue weighted by Crippen LogP contribution is -2.38. The minimum Gasteiger partial charge on any atom is -0.382 e. The summed E-state index contributed by atoms with van der Waals surface area (Å²) in [6.07, 6.45) is 6.40. The summed E-state index contributed by atoms with van der Waals surface area (Å²) < 4.78 is 6.88. The maximum Gasteiger partial charge on any atom is 0.254 e. The summed E-state index contributed by atoms with van der Waals surface area (Å²) in [5.41, 5.74) is 6.70. The van der Waals surface area contributed by atoms with Crippen LogP contribution in [0.4, 0.5) is 5.69 Å². The van der Waals surface area contributed by atoms with Crippen LogP contribution in [-0.2, 0) is 11.3 Å². The Morgan fingerprint density at radius 3 is 2.59 bits per heavy atom. The third kappa shape index (κ3) is 4.18. The van der Waals surface area contributed by atoms with Gasteiger partial charge in [-0.2, -0.15) is 0 Å². The molecule has 0 aliphatic carbocycles. The minimum absolute atomic E-state index is 0.107. The van der Waals surface area contributed by atoms with Crippen molar-refractivity contribution in [2.75, 3.05) is 25.2 Å². The highest BCUT2D eigenvalue weighted by molar-refractivity contribution is 9.11. The summed E-state index contributed by atoms with van der Waals surface area (Å²) in [5.74, 6) is 0.552. The molecule has 3 aliphatic heterocycles. The maximum absolute atomic E-state index is 12.7. The van der Waals surface area contributed by atoms with Crippen molar-refractivity contribution in [3.63, 3.8) is 0 Å². The van der Waals surface area contributed by atoms with Gasteiger partial charge in [-0.05, 0) is 67.5 Å². The van der Waals surface area contributed by atoms with E-state index in [2.05, 4.69) is 88.7 Å². The number of amides is 1. The van der Waals surface area contributed by atoms with Gasteiger partial charge in [0, 0.05) is 48.7 Å². The molecule has 0 saturated carbocycles. The number of carbonyl (C=O) groups is 1. The molecule has 5 nitrogen and oxygen atoms in total. The Morgan fingerprint density at radius 2 is 1.88 bits per heavy atom. The number of anilines is 1. The zero-order chi connectivity index (χ0) is 23.8. The number of carbonyl (C=O) groups excluding carboxylic acids is 1. The normalized spacial score (nSPS) is 21.5. The van der Waals surface area contributed by atoms with Crippen molar-refractivity contribution in [2.24, 2.45) is 5.92 Å². The molecule has 2 aromatic rings. The minimum atomic E-state index is 0.107.